The average Bonchev–Trinajstić information content (AvgIpc) is 2.36. The van der Waals surface area contributed by atoms with Crippen LogP contribution in [0.25, 0.3) is 0 Å². The highest BCUT2D eigenvalue weighted by Crippen LogP contribution is 2.24. The van der Waals surface area contributed by atoms with E-state index in [2.05, 4.69) is 21.2 Å². The molecule has 1 aromatic carbocycles. The third-order valence-electron chi connectivity index (χ3n) is 2.21. The number of carbonyl (C=O) groups is 3. The molecule has 0 aliphatic heterocycles. The van der Waals surface area contributed by atoms with Gasteiger partial charge in [0.25, 0.3) is 0 Å². The molecular formula is C12H13BrN2O4S. The number of rotatable bonds is 7. The van der Waals surface area contributed by atoms with Crippen molar-refractivity contribution in [2.45, 2.75) is 6.42 Å². The first-order chi connectivity index (χ1) is 9.40. The lowest BCUT2D eigenvalue weighted by Crippen LogP contribution is -2.16. The standard InChI is InChI=1S/C12H13BrN2O4S/c13-8-5-7(12(18)19)1-2-9(8)15-11(17)3-4-20-6-10(14)16/h1-2,5H,3-4,6H2,(H2,14,16)(H,15,17)(H,18,19). The third-order valence-corrected chi connectivity index (χ3v) is 3.85. The Kier molecular flexibility index (Phi) is 6.53. The van der Waals surface area contributed by atoms with Crippen LogP contribution in [0.4, 0.5) is 5.69 Å². The highest BCUT2D eigenvalue weighted by Gasteiger charge is 2.09. The Morgan fingerprint density at radius 3 is 2.60 bits per heavy atom. The van der Waals surface area contributed by atoms with Crippen molar-refractivity contribution in [2.75, 3.05) is 16.8 Å². The van der Waals surface area contributed by atoms with Gasteiger partial charge in [-0.2, -0.15) is 11.8 Å². The second kappa shape index (κ2) is 7.91. The van der Waals surface area contributed by atoms with E-state index in [0.717, 1.165) is 0 Å². The number of amides is 2. The first-order valence-corrected chi connectivity index (χ1v) is 7.53. The molecule has 0 unspecified atom stereocenters. The molecule has 8 heteroatoms. The summed E-state index contributed by atoms with van der Waals surface area (Å²) in [5, 5.41) is 11.5. The van der Waals surface area contributed by atoms with Crippen LogP contribution in [-0.4, -0.2) is 34.4 Å². The Morgan fingerprint density at radius 1 is 1.35 bits per heavy atom. The molecule has 0 aliphatic carbocycles. The molecule has 108 valence electrons. The number of carboxylic acids is 1. The summed E-state index contributed by atoms with van der Waals surface area (Å²) in [4.78, 5) is 32.9. The van der Waals surface area contributed by atoms with Gasteiger partial charge in [-0.05, 0) is 34.1 Å². The van der Waals surface area contributed by atoms with Gasteiger partial charge in [0.05, 0.1) is 17.0 Å². The van der Waals surface area contributed by atoms with Gasteiger partial charge < -0.3 is 16.2 Å². The lowest BCUT2D eigenvalue weighted by atomic mass is 10.2. The van der Waals surface area contributed by atoms with E-state index in [0.29, 0.717) is 15.9 Å². The number of primary amides is 1. The minimum Gasteiger partial charge on any atom is -0.478 e. The van der Waals surface area contributed by atoms with Crippen molar-refractivity contribution in [3.63, 3.8) is 0 Å². The number of halogens is 1. The van der Waals surface area contributed by atoms with Gasteiger partial charge in [-0.1, -0.05) is 0 Å². The summed E-state index contributed by atoms with van der Waals surface area (Å²) in [6.07, 6.45) is 0.241. The summed E-state index contributed by atoms with van der Waals surface area (Å²) in [6, 6.07) is 4.34. The van der Waals surface area contributed by atoms with Crippen LogP contribution in [0.3, 0.4) is 0 Å². The summed E-state index contributed by atoms with van der Waals surface area (Å²) in [5.74, 6) is -0.997. The van der Waals surface area contributed by atoms with E-state index in [1.165, 1.54) is 30.0 Å². The van der Waals surface area contributed by atoms with Crippen molar-refractivity contribution in [2.24, 2.45) is 5.73 Å². The zero-order valence-electron chi connectivity index (χ0n) is 10.4. The Labute approximate surface area is 128 Å². The summed E-state index contributed by atoms with van der Waals surface area (Å²) in [7, 11) is 0. The summed E-state index contributed by atoms with van der Waals surface area (Å²) >= 11 is 4.49. The lowest BCUT2D eigenvalue weighted by molar-refractivity contribution is -0.116. The van der Waals surface area contributed by atoms with E-state index < -0.39 is 11.9 Å². The van der Waals surface area contributed by atoms with Crippen LogP contribution in [0.2, 0.25) is 0 Å². The van der Waals surface area contributed by atoms with Crippen molar-refractivity contribution in [3.8, 4) is 0 Å². The van der Waals surface area contributed by atoms with E-state index in [4.69, 9.17) is 10.8 Å². The van der Waals surface area contributed by atoms with Gasteiger partial charge in [-0.25, -0.2) is 4.79 Å². The van der Waals surface area contributed by atoms with Gasteiger partial charge in [-0.15, -0.1) is 0 Å². The molecule has 0 fully saturated rings. The smallest absolute Gasteiger partial charge is 0.335 e. The predicted octanol–water partition coefficient (Wildman–Crippen LogP) is 1.69. The van der Waals surface area contributed by atoms with Gasteiger partial charge in [0.1, 0.15) is 0 Å². The second-order valence-electron chi connectivity index (χ2n) is 3.82. The summed E-state index contributed by atoms with van der Waals surface area (Å²) in [6.45, 7) is 0. The Balaban J connectivity index is 2.50. The van der Waals surface area contributed by atoms with Gasteiger partial charge in [-0.3, -0.25) is 9.59 Å². The van der Waals surface area contributed by atoms with Gasteiger partial charge in [0.2, 0.25) is 11.8 Å². The fourth-order valence-corrected chi connectivity index (χ4v) is 2.45. The molecule has 0 saturated carbocycles. The molecular weight excluding hydrogens is 348 g/mol. The number of thioether (sulfide) groups is 1. The van der Waals surface area contributed by atoms with Crippen molar-refractivity contribution in [1.29, 1.82) is 0 Å². The van der Waals surface area contributed by atoms with Crippen LogP contribution in [0.5, 0.6) is 0 Å². The molecule has 0 saturated heterocycles. The zero-order valence-corrected chi connectivity index (χ0v) is 12.8. The number of benzene rings is 1. The molecule has 0 aliphatic rings. The van der Waals surface area contributed by atoms with Crippen LogP contribution < -0.4 is 11.1 Å². The monoisotopic (exact) mass is 360 g/mol. The van der Waals surface area contributed by atoms with E-state index in [-0.39, 0.29) is 23.6 Å². The topological polar surface area (TPSA) is 109 Å². The first-order valence-electron chi connectivity index (χ1n) is 5.59. The lowest BCUT2D eigenvalue weighted by Gasteiger charge is -2.08. The SMILES string of the molecule is NC(=O)CSCCC(=O)Nc1ccc(C(=O)O)cc1Br. The number of nitrogens with one attached hydrogen (secondary N) is 1. The fourth-order valence-electron chi connectivity index (χ4n) is 1.30. The number of aromatic carboxylic acids is 1. The molecule has 0 bridgehead atoms. The summed E-state index contributed by atoms with van der Waals surface area (Å²) in [5.41, 5.74) is 5.61. The molecule has 20 heavy (non-hydrogen) atoms. The fraction of sp³-hybridized carbons (Fsp3) is 0.250. The number of anilines is 1. The van der Waals surface area contributed by atoms with Crippen molar-refractivity contribution in [1.82, 2.24) is 0 Å². The third kappa shape index (κ3) is 5.62. The predicted molar refractivity (Wildman–Crippen MR) is 80.9 cm³/mol. The van der Waals surface area contributed by atoms with Crippen LogP contribution >= 0.6 is 27.7 Å². The molecule has 2 amide bonds. The minimum absolute atomic E-state index is 0.131. The number of hydrogen-bond donors (Lipinski definition) is 3. The highest BCUT2D eigenvalue weighted by atomic mass is 79.9. The van der Waals surface area contributed by atoms with Gasteiger partial charge in [0, 0.05) is 16.6 Å². The van der Waals surface area contributed by atoms with Crippen LogP contribution in [0, 0.1) is 0 Å². The van der Waals surface area contributed by atoms with Crippen molar-refractivity contribution < 1.29 is 19.5 Å². The second-order valence-corrected chi connectivity index (χ2v) is 5.78. The highest BCUT2D eigenvalue weighted by molar-refractivity contribution is 9.10. The molecule has 0 atom stereocenters. The molecule has 0 heterocycles. The maximum absolute atomic E-state index is 11.7. The minimum atomic E-state index is -1.04. The quantitative estimate of drug-likeness (QED) is 0.641. The van der Waals surface area contributed by atoms with Crippen LogP contribution in [0.1, 0.15) is 16.8 Å². The van der Waals surface area contributed by atoms with Crippen LogP contribution in [0.15, 0.2) is 22.7 Å². The molecule has 4 N–H and O–H groups in total. The first kappa shape index (κ1) is 16.5. The average molecular weight is 361 g/mol. The molecule has 6 nitrogen and oxygen atoms in total. The Bertz CT molecular complexity index is 536. The maximum Gasteiger partial charge on any atom is 0.335 e. The maximum atomic E-state index is 11.7. The number of hydrogen-bond acceptors (Lipinski definition) is 4. The number of carbonyl (C=O) groups excluding carboxylic acids is 2. The van der Waals surface area contributed by atoms with Crippen molar-refractivity contribution >= 4 is 51.2 Å². The van der Waals surface area contributed by atoms with Gasteiger partial charge in [0.15, 0.2) is 0 Å². The molecule has 0 spiro atoms. The van der Waals surface area contributed by atoms with Crippen LogP contribution in [-0.2, 0) is 9.59 Å². The van der Waals surface area contributed by atoms with E-state index in [9.17, 15) is 14.4 Å². The Hall–Kier alpha value is -1.54. The normalized spacial score (nSPS) is 10.1. The van der Waals surface area contributed by atoms with E-state index in [1.54, 1.807) is 0 Å². The van der Waals surface area contributed by atoms with Crippen molar-refractivity contribution in [3.05, 3.63) is 28.2 Å². The molecule has 0 aromatic heterocycles. The Morgan fingerprint density at radius 2 is 2.05 bits per heavy atom. The molecule has 1 aromatic rings. The number of carboxylic acid groups (broad SMARTS) is 1. The summed E-state index contributed by atoms with van der Waals surface area (Å²) < 4.78 is 0.496. The largest absolute Gasteiger partial charge is 0.478 e. The molecule has 1 rings (SSSR count). The zero-order chi connectivity index (χ0) is 15.1. The molecule has 0 radical (unpaired) electrons. The number of nitrogens with two attached hydrogens (primary N) is 1. The van der Waals surface area contributed by atoms with E-state index >= 15 is 0 Å². The van der Waals surface area contributed by atoms with Gasteiger partial charge >= 0.3 is 5.97 Å². The van der Waals surface area contributed by atoms with E-state index in [1.807, 2.05) is 0 Å².